The lowest BCUT2D eigenvalue weighted by Gasteiger charge is -2.31. The molecule has 2 aromatic rings. The fourth-order valence-corrected chi connectivity index (χ4v) is 3.35. The van der Waals surface area contributed by atoms with Crippen LogP contribution in [0.3, 0.4) is 0 Å². The topological polar surface area (TPSA) is 55.1 Å². The predicted octanol–water partition coefficient (Wildman–Crippen LogP) is 3.85. The molecule has 1 saturated carbocycles. The number of hydrogen-bond acceptors (Lipinski definition) is 3. The second-order valence-electron chi connectivity index (χ2n) is 5.82. The Morgan fingerprint density at radius 3 is 2.64 bits per heavy atom. The van der Waals surface area contributed by atoms with E-state index in [0.717, 1.165) is 25.7 Å². The molecule has 1 aliphatic rings. The van der Waals surface area contributed by atoms with E-state index in [-0.39, 0.29) is 11.4 Å². The number of benzene rings is 1. The van der Waals surface area contributed by atoms with Crippen LogP contribution in [0, 0.1) is 0 Å². The van der Waals surface area contributed by atoms with Gasteiger partial charge in [-0.1, -0.05) is 59.9 Å². The van der Waals surface area contributed by atoms with Crippen LogP contribution < -0.4 is 5.32 Å². The van der Waals surface area contributed by atoms with Gasteiger partial charge in [-0.25, -0.2) is 0 Å². The Morgan fingerprint density at radius 2 is 2.00 bits per heavy atom. The molecule has 0 unspecified atom stereocenters. The summed E-state index contributed by atoms with van der Waals surface area (Å²) in [4.78, 5) is 12.4. The number of nitrogens with one attached hydrogen (secondary N) is 1. The molecule has 0 aliphatic heterocycles. The minimum absolute atomic E-state index is 0.0401. The molecule has 1 N–H and O–H groups in total. The van der Waals surface area contributed by atoms with Crippen molar-refractivity contribution in [2.24, 2.45) is 0 Å². The van der Waals surface area contributed by atoms with E-state index < -0.39 is 0 Å². The summed E-state index contributed by atoms with van der Waals surface area (Å²) in [6.45, 7) is 0. The van der Waals surface area contributed by atoms with Crippen LogP contribution in [0.25, 0.3) is 0 Å². The van der Waals surface area contributed by atoms with Gasteiger partial charge in [-0.2, -0.15) is 0 Å². The third-order valence-corrected chi connectivity index (χ3v) is 4.47. The van der Waals surface area contributed by atoms with Gasteiger partial charge in [-0.05, 0) is 18.4 Å². The Hall–Kier alpha value is -1.81. The molecule has 5 heteroatoms. The van der Waals surface area contributed by atoms with Gasteiger partial charge in [0.05, 0.1) is 5.54 Å². The fourth-order valence-electron chi connectivity index (χ4n) is 3.19. The Balaban J connectivity index is 1.65. The molecule has 3 rings (SSSR count). The normalized spacial score (nSPS) is 16.6. The van der Waals surface area contributed by atoms with Crippen LogP contribution >= 0.6 is 11.6 Å². The largest absolute Gasteiger partial charge is 0.360 e. The number of nitrogens with zero attached hydrogens (tertiary/aromatic N) is 1. The molecule has 116 valence electrons. The highest BCUT2D eigenvalue weighted by Gasteiger charge is 2.36. The van der Waals surface area contributed by atoms with Crippen LogP contribution in [0.2, 0.25) is 5.15 Å². The number of hydrogen-bond donors (Lipinski definition) is 1. The molecule has 1 aromatic carbocycles. The van der Waals surface area contributed by atoms with E-state index >= 15 is 0 Å². The second-order valence-corrected chi connectivity index (χ2v) is 6.21. The molecule has 0 bridgehead atoms. The van der Waals surface area contributed by atoms with Gasteiger partial charge in [0.1, 0.15) is 5.76 Å². The van der Waals surface area contributed by atoms with Crippen LogP contribution in [0.15, 0.2) is 40.9 Å². The Labute approximate surface area is 134 Å². The number of aromatic nitrogens is 1. The van der Waals surface area contributed by atoms with E-state index in [1.54, 1.807) is 6.07 Å². The second kappa shape index (κ2) is 6.53. The maximum absolute atomic E-state index is 12.4. The highest BCUT2D eigenvalue weighted by atomic mass is 35.5. The van der Waals surface area contributed by atoms with E-state index in [1.165, 1.54) is 5.56 Å². The van der Waals surface area contributed by atoms with Crippen molar-refractivity contribution in [1.82, 2.24) is 10.5 Å². The van der Waals surface area contributed by atoms with Crippen LogP contribution in [0.4, 0.5) is 0 Å². The van der Waals surface area contributed by atoms with E-state index in [4.69, 9.17) is 16.1 Å². The lowest BCUT2D eigenvalue weighted by molar-refractivity contribution is -0.123. The molecule has 1 aromatic heterocycles. The van der Waals surface area contributed by atoms with Crippen LogP contribution in [0.1, 0.15) is 43.4 Å². The zero-order valence-corrected chi connectivity index (χ0v) is 13.1. The summed E-state index contributed by atoms with van der Waals surface area (Å²) < 4.78 is 5.03. The first-order chi connectivity index (χ1) is 10.7. The molecule has 1 fully saturated rings. The monoisotopic (exact) mass is 318 g/mol. The summed E-state index contributed by atoms with van der Waals surface area (Å²) >= 11 is 5.71. The van der Waals surface area contributed by atoms with E-state index in [9.17, 15) is 4.79 Å². The number of halogens is 1. The summed E-state index contributed by atoms with van der Waals surface area (Å²) in [5.74, 6) is 0.679. The molecular formula is C17H19ClN2O2. The van der Waals surface area contributed by atoms with Crippen LogP contribution in [-0.4, -0.2) is 11.1 Å². The summed E-state index contributed by atoms with van der Waals surface area (Å²) in [5.41, 5.74) is 0.987. The van der Waals surface area contributed by atoms with Crippen molar-refractivity contribution in [2.45, 2.75) is 44.1 Å². The van der Waals surface area contributed by atoms with Crippen LogP contribution in [0.5, 0.6) is 0 Å². The van der Waals surface area contributed by atoms with Gasteiger partial charge in [-0.3, -0.25) is 4.79 Å². The standard InChI is InChI=1S/C17H19ClN2O2/c18-15-12-14(22-20-15)8-9-16(21)19-17(10-4-5-11-17)13-6-2-1-3-7-13/h1-3,6-7,12H,4-5,8-11H2,(H,19,21). The molecule has 1 heterocycles. The smallest absolute Gasteiger partial charge is 0.221 e. The van der Waals surface area contributed by atoms with Crippen molar-refractivity contribution in [3.05, 3.63) is 52.9 Å². The quantitative estimate of drug-likeness (QED) is 0.911. The molecule has 1 aliphatic carbocycles. The van der Waals surface area contributed by atoms with Crippen molar-refractivity contribution < 1.29 is 9.32 Å². The maximum atomic E-state index is 12.4. The first-order valence-electron chi connectivity index (χ1n) is 7.66. The van der Waals surface area contributed by atoms with Crippen molar-refractivity contribution >= 4 is 17.5 Å². The van der Waals surface area contributed by atoms with Gasteiger partial charge in [0, 0.05) is 18.9 Å². The molecule has 0 spiro atoms. The molecule has 0 saturated heterocycles. The number of aryl methyl sites for hydroxylation is 1. The lowest BCUT2D eigenvalue weighted by atomic mass is 9.88. The molecule has 22 heavy (non-hydrogen) atoms. The van der Waals surface area contributed by atoms with Gasteiger partial charge >= 0.3 is 0 Å². The van der Waals surface area contributed by atoms with E-state index in [1.807, 2.05) is 18.2 Å². The van der Waals surface area contributed by atoms with E-state index in [0.29, 0.717) is 23.8 Å². The Morgan fingerprint density at radius 1 is 1.27 bits per heavy atom. The van der Waals surface area contributed by atoms with Gasteiger partial charge in [0.25, 0.3) is 0 Å². The van der Waals surface area contributed by atoms with Gasteiger partial charge in [0.2, 0.25) is 5.91 Å². The number of carbonyl (C=O) groups is 1. The summed E-state index contributed by atoms with van der Waals surface area (Å²) in [6.07, 6.45) is 5.17. The Bertz CT molecular complexity index is 633. The minimum Gasteiger partial charge on any atom is -0.360 e. The number of rotatable bonds is 5. The molecule has 4 nitrogen and oxygen atoms in total. The van der Waals surface area contributed by atoms with Crippen molar-refractivity contribution in [2.75, 3.05) is 0 Å². The average molecular weight is 319 g/mol. The van der Waals surface area contributed by atoms with Gasteiger partial charge in [-0.15, -0.1) is 0 Å². The van der Waals surface area contributed by atoms with Crippen molar-refractivity contribution in [1.29, 1.82) is 0 Å². The first-order valence-corrected chi connectivity index (χ1v) is 8.03. The summed E-state index contributed by atoms with van der Waals surface area (Å²) in [7, 11) is 0. The van der Waals surface area contributed by atoms with E-state index in [2.05, 4.69) is 22.6 Å². The molecule has 1 amide bonds. The Kier molecular flexibility index (Phi) is 4.48. The number of carbonyl (C=O) groups excluding carboxylic acids is 1. The number of amides is 1. The predicted molar refractivity (Wildman–Crippen MR) is 84.6 cm³/mol. The van der Waals surface area contributed by atoms with Crippen molar-refractivity contribution in [3.8, 4) is 0 Å². The summed E-state index contributed by atoms with van der Waals surface area (Å²) in [6, 6.07) is 11.9. The zero-order valence-electron chi connectivity index (χ0n) is 12.3. The molecule has 0 atom stereocenters. The SMILES string of the molecule is O=C(CCc1cc(Cl)no1)NC1(c2ccccc2)CCCC1. The summed E-state index contributed by atoms with van der Waals surface area (Å²) in [5, 5.41) is 7.20. The third-order valence-electron chi connectivity index (χ3n) is 4.29. The third kappa shape index (κ3) is 3.33. The average Bonchev–Trinajstić information content (AvgIpc) is 3.16. The maximum Gasteiger partial charge on any atom is 0.221 e. The van der Waals surface area contributed by atoms with Crippen LogP contribution in [-0.2, 0) is 16.8 Å². The molecular weight excluding hydrogens is 300 g/mol. The van der Waals surface area contributed by atoms with Gasteiger partial charge in [0.15, 0.2) is 5.15 Å². The highest BCUT2D eigenvalue weighted by molar-refractivity contribution is 6.29. The highest BCUT2D eigenvalue weighted by Crippen LogP contribution is 2.38. The molecule has 0 radical (unpaired) electrons. The fraction of sp³-hybridized carbons (Fsp3) is 0.412. The first kappa shape index (κ1) is 15.1. The lowest BCUT2D eigenvalue weighted by Crippen LogP contribution is -2.43. The van der Waals surface area contributed by atoms with Crippen molar-refractivity contribution in [3.63, 3.8) is 0 Å². The zero-order chi connectivity index (χ0) is 15.4. The van der Waals surface area contributed by atoms with Gasteiger partial charge < -0.3 is 9.84 Å². The minimum atomic E-state index is -0.211.